The first-order valence-electron chi connectivity index (χ1n) is 6.57. The molecule has 2 aromatic carbocycles. The molecule has 2 heteroatoms. The summed E-state index contributed by atoms with van der Waals surface area (Å²) >= 11 is 0. The van der Waals surface area contributed by atoms with E-state index in [0.717, 1.165) is 23.3 Å². The van der Waals surface area contributed by atoms with Gasteiger partial charge in [0.25, 0.3) is 0 Å². The highest BCUT2D eigenvalue weighted by Crippen LogP contribution is 2.29. The second-order valence-corrected chi connectivity index (χ2v) is 4.79. The molecule has 0 saturated heterocycles. The molecule has 0 fully saturated rings. The van der Waals surface area contributed by atoms with Crippen LogP contribution in [0.1, 0.15) is 29.2 Å². The highest BCUT2D eigenvalue weighted by molar-refractivity contribution is 5.38. The van der Waals surface area contributed by atoms with Crippen LogP contribution in [0.3, 0.4) is 0 Å². The van der Waals surface area contributed by atoms with Gasteiger partial charge in [0, 0.05) is 5.56 Å². The number of benzene rings is 2. The number of hydrogen-bond donors (Lipinski definition) is 1. The zero-order chi connectivity index (χ0) is 13.7. The van der Waals surface area contributed by atoms with Crippen molar-refractivity contribution >= 4 is 0 Å². The van der Waals surface area contributed by atoms with Crippen molar-refractivity contribution in [3.63, 3.8) is 0 Å². The van der Waals surface area contributed by atoms with Gasteiger partial charge in [-0.15, -0.1) is 0 Å². The van der Waals surface area contributed by atoms with Gasteiger partial charge in [0.2, 0.25) is 0 Å². The molecule has 1 N–H and O–H groups in total. The van der Waals surface area contributed by atoms with E-state index in [1.807, 2.05) is 43.3 Å². The number of aliphatic hydroxyl groups is 1. The van der Waals surface area contributed by atoms with E-state index in [4.69, 9.17) is 4.74 Å². The minimum absolute atomic E-state index is 0.490. The van der Waals surface area contributed by atoms with Crippen LogP contribution in [0.2, 0.25) is 0 Å². The van der Waals surface area contributed by atoms with E-state index in [-0.39, 0.29) is 0 Å². The molecule has 0 bridgehead atoms. The molecular weight excluding hydrogens is 236 g/mol. The summed E-state index contributed by atoms with van der Waals surface area (Å²) in [6.45, 7) is 2.02. The summed E-state index contributed by atoms with van der Waals surface area (Å²) < 4.78 is 5.34. The van der Waals surface area contributed by atoms with Crippen LogP contribution < -0.4 is 4.74 Å². The number of hydrogen-bond acceptors (Lipinski definition) is 2. The molecular formula is C17H20O2. The third-order valence-electron chi connectivity index (χ3n) is 3.30. The number of aryl methyl sites for hydroxylation is 2. The van der Waals surface area contributed by atoms with E-state index in [0.29, 0.717) is 6.42 Å². The maximum Gasteiger partial charge on any atom is 0.124 e. The fraction of sp³-hybridized carbons (Fsp3) is 0.294. The standard InChI is InChI=1S/C17H20O2/c1-13-8-10-15(17(12-13)19-2)16(18)11-9-14-6-4-3-5-7-14/h3-8,10,12,16,18H,9,11H2,1-2H3. The second-order valence-electron chi connectivity index (χ2n) is 4.79. The number of methoxy groups -OCH3 is 1. The Bertz CT molecular complexity index is 520. The van der Waals surface area contributed by atoms with Crippen LogP contribution in [0.15, 0.2) is 48.5 Å². The fourth-order valence-corrected chi connectivity index (χ4v) is 2.20. The van der Waals surface area contributed by atoms with Gasteiger partial charge in [-0.25, -0.2) is 0 Å². The molecule has 0 aromatic heterocycles. The average molecular weight is 256 g/mol. The minimum atomic E-state index is -0.490. The molecule has 0 aliphatic rings. The Morgan fingerprint density at radius 1 is 1.11 bits per heavy atom. The van der Waals surface area contributed by atoms with Crippen molar-refractivity contribution in [2.75, 3.05) is 7.11 Å². The largest absolute Gasteiger partial charge is 0.496 e. The zero-order valence-corrected chi connectivity index (χ0v) is 11.5. The molecule has 0 saturated carbocycles. The molecule has 1 atom stereocenters. The molecule has 0 aliphatic carbocycles. The van der Waals surface area contributed by atoms with Crippen LogP contribution >= 0.6 is 0 Å². The highest BCUT2D eigenvalue weighted by atomic mass is 16.5. The van der Waals surface area contributed by atoms with Gasteiger partial charge in [-0.1, -0.05) is 42.5 Å². The molecule has 0 amide bonds. The first-order valence-corrected chi connectivity index (χ1v) is 6.57. The zero-order valence-electron chi connectivity index (χ0n) is 11.5. The minimum Gasteiger partial charge on any atom is -0.496 e. The molecule has 1 unspecified atom stereocenters. The molecule has 0 heterocycles. The second kappa shape index (κ2) is 6.39. The van der Waals surface area contributed by atoms with Crippen LogP contribution in [0.4, 0.5) is 0 Å². The van der Waals surface area contributed by atoms with Crippen molar-refractivity contribution in [2.24, 2.45) is 0 Å². The first-order chi connectivity index (χ1) is 9.20. The smallest absolute Gasteiger partial charge is 0.124 e. The predicted octanol–water partition coefficient (Wildman–Crippen LogP) is 3.67. The van der Waals surface area contributed by atoms with E-state index in [1.54, 1.807) is 7.11 Å². The quantitative estimate of drug-likeness (QED) is 0.884. The maximum atomic E-state index is 10.3. The van der Waals surface area contributed by atoms with E-state index in [1.165, 1.54) is 5.56 Å². The average Bonchev–Trinajstić information content (AvgIpc) is 2.45. The monoisotopic (exact) mass is 256 g/mol. The van der Waals surface area contributed by atoms with Gasteiger partial charge in [0.1, 0.15) is 5.75 Å². The lowest BCUT2D eigenvalue weighted by atomic mass is 9.99. The van der Waals surface area contributed by atoms with E-state index < -0.39 is 6.10 Å². The molecule has 2 rings (SSSR count). The van der Waals surface area contributed by atoms with Crippen LogP contribution in [0.25, 0.3) is 0 Å². The van der Waals surface area contributed by atoms with Gasteiger partial charge in [-0.3, -0.25) is 0 Å². The maximum absolute atomic E-state index is 10.3. The lowest BCUT2D eigenvalue weighted by Gasteiger charge is -2.15. The van der Waals surface area contributed by atoms with Crippen molar-refractivity contribution in [2.45, 2.75) is 25.9 Å². The fourth-order valence-electron chi connectivity index (χ4n) is 2.20. The van der Waals surface area contributed by atoms with E-state index >= 15 is 0 Å². The third kappa shape index (κ3) is 3.58. The third-order valence-corrected chi connectivity index (χ3v) is 3.30. The van der Waals surface area contributed by atoms with Gasteiger partial charge >= 0.3 is 0 Å². The van der Waals surface area contributed by atoms with Crippen LogP contribution in [-0.4, -0.2) is 12.2 Å². The van der Waals surface area contributed by atoms with Crippen molar-refractivity contribution in [1.82, 2.24) is 0 Å². The summed E-state index contributed by atoms with van der Waals surface area (Å²) in [5.74, 6) is 0.764. The lowest BCUT2D eigenvalue weighted by molar-refractivity contribution is 0.163. The van der Waals surface area contributed by atoms with Crippen molar-refractivity contribution in [3.05, 3.63) is 65.2 Å². The van der Waals surface area contributed by atoms with E-state index in [9.17, 15) is 5.11 Å². The predicted molar refractivity (Wildman–Crippen MR) is 77.5 cm³/mol. The van der Waals surface area contributed by atoms with Crippen LogP contribution in [-0.2, 0) is 6.42 Å². The number of aliphatic hydroxyl groups excluding tert-OH is 1. The molecule has 100 valence electrons. The Morgan fingerprint density at radius 3 is 2.53 bits per heavy atom. The Morgan fingerprint density at radius 2 is 1.84 bits per heavy atom. The Labute approximate surface area is 114 Å². The highest BCUT2D eigenvalue weighted by Gasteiger charge is 2.13. The summed E-state index contributed by atoms with van der Waals surface area (Å²) in [4.78, 5) is 0. The molecule has 2 aromatic rings. The Hall–Kier alpha value is -1.80. The summed E-state index contributed by atoms with van der Waals surface area (Å²) in [5, 5.41) is 10.3. The van der Waals surface area contributed by atoms with Gasteiger partial charge < -0.3 is 9.84 Å². The SMILES string of the molecule is COc1cc(C)ccc1C(O)CCc1ccccc1. The number of ether oxygens (including phenoxy) is 1. The normalized spacial score (nSPS) is 12.2. The van der Waals surface area contributed by atoms with Crippen molar-refractivity contribution in [3.8, 4) is 5.75 Å². The number of rotatable bonds is 5. The molecule has 0 spiro atoms. The van der Waals surface area contributed by atoms with Gasteiger partial charge in [0.15, 0.2) is 0 Å². The molecule has 0 radical (unpaired) electrons. The topological polar surface area (TPSA) is 29.5 Å². The lowest BCUT2D eigenvalue weighted by Crippen LogP contribution is -2.02. The van der Waals surface area contributed by atoms with Gasteiger partial charge in [0.05, 0.1) is 13.2 Å². The van der Waals surface area contributed by atoms with Gasteiger partial charge in [-0.05, 0) is 37.0 Å². The molecule has 2 nitrogen and oxygen atoms in total. The summed E-state index contributed by atoms with van der Waals surface area (Å²) in [5.41, 5.74) is 3.24. The summed E-state index contributed by atoms with van der Waals surface area (Å²) in [6, 6.07) is 16.1. The molecule has 19 heavy (non-hydrogen) atoms. The van der Waals surface area contributed by atoms with Crippen LogP contribution in [0.5, 0.6) is 5.75 Å². The van der Waals surface area contributed by atoms with Crippen LogP contribution in [0, 0.1) is 6.92 Å². The first kappa shape index (κ1) is 13.6. The van der Waals surface area contributed by atoms with Gasteiger partial charge in [-0.2, -0.15) is 0 Å². The summed E-state index contributed by atoms with van der Waals surface area (Å²) in [7, 11) is 1.64. The Kier molecular flexibility index (Phi) is 4.58. The van der Waals surface area contributed by atoms with E-state index in [2.05, 4.69) is 12.1 Å². The molecule has 0 aliphatic heterocycles. The Balaban J connectivity index is 2.05. The van der Waals surface area contributed by atoms with Crippen molar-refractivity contribution in [1.29, 1.82) is 0 Å². The summed E-state index contributed by atoms with van der Waals surface area (Å²) in [6.07, 6.45) is 1.07. The van der Waals surface area contributed by atoms with Crippen molar-refractivity contribution < 1.29 is 9.84 Å².